The standard InChI is InChI=1S/C35H42N6O3/c1-21(2)39-34(43)27-12-14-29(22(3)16-27)25-8-4-23(5-9-25)17-32(41-33(42)26-10-6-24(19-36)7-11-26)35(44)40-28-13-15-30-31(18-28)38-20-37-30/h4-5,8-9,12-16,18,20-21,24,26,32H,6-7,10-11,17,19,36H2,1-3H3,(H,37,38)(H,39,43)(H,40,44)(H,41,42)/t24?,26?,32-/m0/s1. The van der Waals surface area contributed by atoms with Crippen LogP contribution in [0.25, 0.3) is 22.2 Å². The van der Waals surface area contributed by atoms with Crippen LogP contribution < -0.4 is 21.7 Å². The molecule has 9 heteroatoms. The van der Waals surface area contributed by atoms with E-state index in [0.29, 0.717) is 30.1 Å². The van der Waals surface area contributed by atoms with Crippen LogP contribution in [0.1, 0.15) is 61.0 Å². The summed E-state index contributed by atoms with van der Waals surface area (Å²) in [5.41, 5.74) is 12.7. The van der Waals surface area contributed by atoms with Crippen molar-refractivity contribution in [3.63, 3.8) is 0 Å². The lowest BCUT2D eigenvalue weighted by Gasteiger charge is -2.28. The number of imidazole rings is 1. The summed E-state index contributed by atoms with van der Waals surface area (Å²) in [7, 11) is 0. The molecule has 0 radical (unpaired) electrons. The van der Waals surface area contributed by atoms with Gasteiger partial charge in [0.05, 0.1) is 17.4 Å². The van der Waals surface area contributed by atoms with Gasteiger partial charge in [0.2, 0.25) is 11.8 Å². The van der Waals surface area contributed by atoms with E-state index in [9.17, 15) is 14.4 Å². The van der Waals surface area contributed by atoms with Gasteiger partial charge < -0.3 is 26.7 Å². The van der Waals surface area contributed by atoms with Crippen LogP contribution in [0.5, 0.6) is 0 Å². The van der Waals surface area contributed by atoms with Crippen molar-refractivity contribution in [1.29, 1.82) is 0 Å². The van der Waals surface area contributed by atoms with Crippen molar-refractivity contribution in [1.82, 2.24) is 20.6 Å². The monoisotopic (exact) mass is 594 g/mol. The Kier molecular flexibility index (Phi) is 9.75. The Bertz CT molecular complexity index is 1620. The van der Waals surface area contributed by atoms with E-state index in [1.807, 2.05) is 81.4 Å². The minimum atomic E-state index is -0.751. The molecule has 9 nitrogen and oxygen atoms in total. The van der Waals surface area contributed by atoms with Gasteiger partial charge in [0.1, 0.15) is 6.04 Å². The topological polar surface area (TPSA) is 142 Å². The van der Waals surface area contributed by atoms with E-state index < -0.39 is 6.04 Å². The number of benzene rings is 3. The number of aromatic amines is 1. The van der Waals surface area contributed by atoms with Crippen LogP contribution >= 0.6 is 0 Å². The average Bonchev–Trinajstić information content (AvgIpc) is 3.49. The van der Waals surface area contributed by atoms with Gasteiger partial charge in [-0.25, -0.2) is 4.98 Å². The maximum Gasteiger partial charge on any atom is 0.251 e. The molecule has 4 aromatic rings. The molecule has 1 atom stereocenters. The summed E-state index contributed by atoms with van der Waals surface area (Å²) in [5, 5.41) is 8.98. The maximum atomic E-state index is 13.6. The first-order valence-electron chi connectivity index (χ1n) is 15.5. The molecule has 1 aromatic heterocycles. The number of hydrogen-bond donors (Lipinski definition) is 5. The number of carbonyl (C=O) groups is 3. The number of H-pyrrole nitrogens is 1. The Hall–Kier alpha value is -4.50. The summed E-state index contributed by atoms with van der Waals surface area (Å²) in [6.45, 7) is 6.52. The van der Waals surface area contributed by atoms with Gasteiger partial charge in [0.15, 0.2) is 0 Å². The van der Waals surface area contributed by atoms with Gasteiger partial charge in [-0.15, -0.1) is 0 Å². The number of anilines is 1. The van der Waals surface area contributed by atoms with Crippen LogP contribution in [0.2, 0.25) is 0 Å². The minimum Gasteiger partial charge on any atom is -0.350 e. The highest BCUT2D eigenvalue weighted by molar-refractivity contribution is 5.99. The third-order valence-corrected chi connectivity index (χ3v) is 8.48. The van der Waals surface area contributed by atoms with E-state index in [1.54, 1.807) is 6.33 Å². The quantitative estimate of drug-likeness (QED) is 0.174. The van der Waals surface area contributed by atoms with Gasteiger partial charge in [0, 0.05) is 29.6 Å². The maximum absolute atomic E-state index is 13.6. The predicted octanol–water partition coefficient (Wildman–Crippen LogP) is 5.11. The van der Waals surface area contributed by atoms with Gasteiger partial charge in [-0.05, 0) is 112 Å². The number of nitrogens with one attached hydrogen (secondary N) is 4. The second-order valence-electron chi connectivity index (χ2n) is 12.2. The number of rotatable bonds is 10. The molecule has 1 fully saturated rings. The molecule has 0 bridgehead atoms. The Balaban J connectivity index is 1.31. The van der Waals surface area contributed by atoms with Crippen molar-refractivity contribution < 1.29 is 14.4 Å². The number of nitrogens with two attached hydrogens (primary N) is 1. The highest BCUT2D eigenvalue weighted by Gasteiger charge is 2.29. The molecule has 3 amide bonds. The van der Waals surface area contributed by atoms with Gasteiger partial charge >= 0.3 is 0 Å². The Morgan fingerprint density at radius 3 is 2.39 bits per heavy atom. The summed E-state index contributed by atoms with van der Waals surface area (Å²) in [6.07, 6.45) is 5.38. The molecular formula is C35H42N6O3. The number of fused-ring (bicyclic) bond motifs is 1. The van der Waals surface area contributed by atoms with Crippen molar-refractivity contribution in [2.24, 2.45) is 17.6 Å². The van der Waals surface area contributed by atoms with Crippen LogP contribution in [0.4, 0.5) is 5.69 Å². The number of amides is 3. The molecular weight excluding hydrogens is 552 g/mol. The highest BCUT2D eigenvalue weighted by atomic mass is 16.2. The summed E-state index contributed by atoms with van der Waals surface area (Å²) >= 11 is 0. The number of carbonyl (C=O) groups excluding carboxylic acids is 3. The fourth-order valence-corrected chi connectivity index (χ4v) is 5.93. The molecule has 1 aliphatic carbocycles. The summed E-state index contributed by atoms with van der Waals surface area (Å²) in [5.74, 6) is -0.105. The van der Waals surface area contributed by atoms with Crippen LogP contribution in [-0.2, 0) is 16.0 Å². The lowest BCUT2D eigenvalue weighted by atomic mass is 9.81. The third kappa shape index (κ3) is 7.52. The van der Waals surface area contributed by atoms with E-state index in [1.165, 1.54) is 0 Å². The van der Waals surface area contributed by atoms with Crippen molar-refractivity contribution in [3.05, 3.63) is 83.7 Å². The summed E-state index contributed by atoms with van der Waals surface area (Å²) < 4.78 is 0. The van der Waals surface area contributed by atoms with Gasteiger partial charge in [-0.2, -0.15) is 0 Å². The molecule has 0 spiro atoms. The molecule has 0 saturated heterocycles. The lowest BCUT2D eigenvalue weighted by Crippen LogP contribution is -2.48. The van der Waals surface area contributed by atoms with E-state index >= 15 is 0 Å². The van der Waals surface area contributed by atoms with Crippen molar-refractivity contribution >= 4 is 34.4 Å². The van der Waals surface area contributed by atoms with E-state index in [0.717, 1.165) is 59.0 Å². The Morgan fingerprint density at radius 1 is 0.955 bits per heavy atom. The molecule has 44 heavy (non-hydrogen) atoms. The largest absolute Gasteiger partial charge is 0.350 e. The average molecular weight is 595 g/mol. The van der Waals surface area contributed by atoms with Crippen LogP contribution in [0.15, 0.2) is 67.0 Å². The fraction of sp³-hybridized carbons (Fsp3) is 0.371. The normalized spacial score (nSPS) is 17.3. The zero-order valence-corrected chi connectivity index (χ0v) is 25.7. The molecule has 0 aliphatic heterocycles. The van der Waals surface area contributed by atoms with E-state index in [4.69, 9.17) is 5.73 Å². The van der Waals surface area contributed by atoms with Crippen LogP contribution in [0.3, 0.4) is 0 Å². The molecule has 230 valence electrons. The Morgan fingerprint density at radius 2 is 1.70 bits per heavy atom. The van der Waals surface area contributed by atoms with E-state index in [2.05, 4.69) is 25.9 Å². The van der Waals surface area contributed by atoms with E-state index in [-0.39, 0.29) is 29.7 Å². The highest BCUT2D eigenvalue weighted by Crippen LogP contribution is 2.29. The second-order valence-corrected chi connectivity index (χ2v) is 12.2. The van der Waals surface area contributed by atoms with Crippen molar-refractivity contribution in [2.45, 2.75) is 65.0 Å². The molecule has 1 saturated carbocycles. The minimum absolute atomic E-state index is 0.0666. The number of hydrogen-bond acceptors (Lipinski definition) is 5. The van der Waals surface area contributed by atoms with Crippen molar-refractivity contribution in [3.8, 4) is 11.1 Å². The summed E-state index contributed by atoms with van der Waals surface area (Å²) in [6, 6.07) is 18.5. The number of aryl methyl sites for hydroxylation is 1. The molecule has 3 aromatic carbocycles. The lowest BCUT2D eigenvalue weighted by molar-refractivity contribution is -0.130. The zero-order valence-electron chi connectivity index (χ0n) is 25.7. The first-order chi connectivity index (χ1) is 21.2. The van der Waals surface area contributed by atoms with Gasteiger partial charge in [-0.3, -0.25) is 14.4 Å². The first-order valence-corrected chi connectivity index (χ1v) is 15.5. The predicted molar refractivity (Wildman–Crippen MR) is 174 cm³/mol. The smallest absolute Gasteiger partial charge is 0.251 e. The summed E-state index contributed by atoms with van der Waals surface area (Å²) in [4.78, 5) is 46.7. The number of aromatic nitrogens is 2. The van der Waals surface area contributed by atoms with Crippen molar-refractivity contribution in [2.75, 3.05) is 11.9 Å². The second kappa shape index (κ2) is 13.9. The van der Waals surface area contributed by atoms with Gasteiger partial charge in [0.25, 0.3) is 5.91 Å². The molecule has 0 unspecified atom stereocenters. The molecule has 5 rings (SSSR count). The van der Waals surface area contributed by atoms with Crippen LogP contribution in [0, 0.1) is 18.8 Å². The zero-order chi connectivity index (χ0) is 31.2. The van der Waals surface area contributed by atoms with Gasteiger partial charge in [-0.1, -0.05) is 30.3 Å². The Labute approximate surface area is 258 Å². The number of nitrogens with zero attached hydrogens (tertiary/aromatic N) is 1. The van der Waals surface area contributed by atoms with Crippen LogP contribution in [-0.4, -0.2) is 46.3 Å². The first kappa shape index (κ1) is 30.9. The fourth-order valence-electron chi connectivity index (χ4n) is 5.93. The third-order valence-electron chi connectivity index (χ3n) is 8.48. The molecule has 6 N–H and O–H groups in total. The SMILES string of the molecule is Cc1cc(C(=O)NC(C)C)ccc1-c1ccc(C[C@H](NC(=O)C2CCC(CN)CC2)C(=O)Nc2ccc3nc[nH]c3c2)cc1. The molecule has 1 heterocycles. The molecule has 1 aliphatic rings.